The SMILES string of the molecule is CS(=O)(=O)N1CC2(CCN(C(=O)c3ccc4c(c3)CCC3(C4)NC(=O)NC3=O)CC2)c2ccccc21. The van der Waals surface area contributed by atoms with E-state index in [1.165, 1.54) is 10.6 Å². The van der Waals surface area contributed by atoms with Gasteiger partial charge in [0.25, 0.3) is 11.8 Å². The minimum Gasteiger partial charge on any atom is -0.339 e. The van der Waals surface area contributed by atoms with Crippen molar-refractivity contribution >= 4 is 33.6 Å². The van der Waals surface area contributed by atoms with E-state index in [1.54, 1.807) is 6.07 Å². The van der Waals surface area contributed by atoms with Crippen LogP contribution in [-0.2, 0) is 33.1 Å². The first-order valence-electron chi connectivity index (χ1n) is 12.2. The number of rotatable bonds is 2. The summed E-state index contributed by atoms with van der Waals surface area (Å²) in [4.78, 5) is 39.2. The Labute approximate surface area is 209 Å². The van der Waals surface area contributed by atoms with Gasteiger partial charge in [0.2, 0.25) is 10.0 Å². The van der Waals surface area contributed by atoms with Crippen LogP contribution >= 0.6 is 0 Å². The molecular weight excluding hydrogens is 480 g/mol. The molecule has 0 saturated carbocycles. The number of piperidine rings is 1. The van der Waals surface area contributed by atoms with Gasteiger partial charge in [0.1, 0.15) is 5.54 Å². The predicted octanol–water partition coefficient (Wildman–Crippen LogP) is 1.71. The number of amides is 4. The molecule has 10 heteroatoms. The lowest BCUT2D eigenvalue weighted by Gasteiger charge is -2.40. The van der Waals surface area contributed by atoms with Crippen LogP contribution < -0.4 is 14.9 Å². The maximum Gasteiger partial charge on any atom is 0.322 e. The number of hydrogen-bond donors (Lipinski definition) is 2. The van der Waals surface area contributed by atoms with E-state index in [0.29, 0.717) is 57.3 Å². The van der Waals surface area contributed by atoms with Crippen LogP contribution in [0.2, 0.25) is 0 Å². The van der Waals surface area contributed by atoms with E-state index in [1.807, 2.05) is 41.3 Å². The van der Waals surface area contributed by atoms with Crippen molar-refractivity contribution in [1.82, 2.24) is 15.5 Å². The molecule has 4 amide bonds. The monoisotopic (exact) mass is 508 g/mol. The van der Waals surface area contributed by atoms with Crippen molar-refractivity contribution in [2.75, 3.05) is 30.2 Å². The summed E-state index contributed by atoms with van der Waals surface area (Å²) in [6, 6.07) is 12.8. The molecule has 2 fully saturated rings. The number of carbonyl (C=O) groups excluding carboxylic acids is 3. The Balaban J connectivity index is 1.18. The van der Waals surface area contributed by atoms with E-state index in [-0.39, 0.29) is 17.2 Å². The average Bonchev–Trinajstić information content (AvgIpc) is 3.32. The summed E-state index contributed by atoms with van der Waals surface area (Å²) in [5, 5.41) is 5.11. The molecule has 9 nitrogen and oxygen atoms in total. The van der Waals surface area contributed by atoms with Gasteiger partial charge in [0.05, 0.1) is 11.9 Å². The molecule has 3 heterocycles. The summed E-state index contributed by atoms with van der Waals surface area (Å²) in [6.07, 6.45) is 4.15. The van der Waals surface area contributed by atoms with Crippen LogP contribution in [0.3, 0.4) is 0 Å². The van der Waals surface area contributed by atoms with Crippen molar-refractivity contribution in [3.63, 3.8) is 0 Å². The Kier molecular flexibility index (Phi) is 4.99. The first-order valence-corrected chi connectivity index (χ1v) is 14.1. The van der Waals surface area contributed by atoms with E-state index in [0.717, 1.165) is 22.4 Å². The number of carbonyl (C=O) groups is 3. The number of hydrogen-bond acceptors (Lipinski definition) is 5. The van der Waals surface area contributed by atoms with Gasteiger partial charge >= 0.3 is 6.03 Å². The van der Waals surface area contributed by atoms with Gasteiger partial charge in [-0.05, 0) is 60.6 Å². The van der Waals surface area contributed by atoms with Crippen molar-refractivity contribution in [1.29, 1.82) is 0 Å². The van der Waals surface area contributed by atoms with Crippen molar-refractivity contribution < 1.29 is 22.8 Å². The van der Waals surface area contributed by atoms with Crippen LogP contribution in [0.4, 0.5) is 10.5 Å². The zero-order valence-corrected chi connectivity index (χ0v) is 20.9. The van der Waals surface area contributed by atoms with Gasteiger partial charge in [-0.15, -0.1) is 0 Å². The highest BCUT2D eigenvalue weighted by Gasteiger charge is 2.49. The second-order valence-corrected chi connectivity index (χ2v) is 12.4. The maximum absolute atomic E-state index is 13.4. The number of benzene rings is 2. The lowest BCUT2D eigenvalue weighted by Crippen LogP contribution is -2.51. The summed E-state index contributed by atoms with van der Waals surface area (Å²) < 4.78 is 26.4. The Morgan fingerprint density at radius 1 is 1.00 bits per heavy atom. The Bertz CT molecular complexity index is 1410. The van der Waals surface area contributed by atoms with Gasteiger partial charge in [-0.1, -0.05) is 24.3 Å². The topological polar surface area (TPSA) is 116 Å². The largest absolute Gasteiger partial charge is 0.339 e. The molecule has 2 N–H and O–H groups in total. The number of para-hydroxylation sites is 1. The van der Waals surface area contributed by atoms with Gasteiger partial charge in [-0.25, -0.2) is 13.2 Å². The first kappa shape index (κ1) is 23.0. The Hall–Kier alpha value is -3.40. The molecule has 2 spiro atoms. The highest BCUT2D eigenvalue weighted by molar-refractivity contribution is 7.92. The third kappa shape index (κ3) is 3.49. The molecule has 1 unspecified atom stereocenters. The van der Waals surface area contributed by atoms with Crippen LogP contribution in [0.5, 0.6) is 0 Å². The summed E-state index contributed by atoms with van der Waals surface area (Å²) in [5.74, 6) is -0.324. The average molecular weight is 509 g/mol. The molecule has 3 aliphatic heterocycles. The number of nitrogens with zero attached hydrogens (tertiary/aromatic N) is 2. The first-order chi connectivity index (χ1) is 17.1. The van der Waals surface area contributed by atoms with Crippen LogP contribution in [0, 0.1) is 0 Å². The Morgan fingerprint density at radius 2 is 1.75 bits per heavy atom. The number of fused-ring (bicyclic) bond motifs is 3. The van der Waals surface area contributed by atoms with Gasteiger partial charge in [0, 0.05) is 37.0 Å². The Morgan fingerprint density at radius 3 is 2.44 bits per heavy atom. The minimum absolute atomic E-state index is 0.0360. The highest BCUT2D eigenvalue weighted by atomic mass is 32.2. The second kappa shape index (κ2) is 7.80. The zero-order chi connectivity index (χ0) is 25.3. The zero-order valence-electron chi connectivity index (χ0n) is 20.0. The van der Waals surface area contributed by atoms with E-state index < -0.39 is 21.6 Å². The van der Waals surface area contributed by atoms with Crippen molar-refractivity contribution in [2.45, 2.75) is 43.1 Å². The van der Waals surface area contributed by atoms with E-state index in [9.17, 15) is 22.8 Å². The van der Waals surface area contributed by atoms with E-state index >= 15 is 0 Å². The molecule has 2 saturated heterocycles. The van der Waals surface area contributed by atoms with Crippen LogP contribution in [0.15, 0.2) is 42.5 Å². The lowest BCUT2D eigenvalue weighted by molar-refractivity contribution is -0.124. The third-order valence-electron chi connectivity index (χ3n) is 8.38. The van der Waals surface area contributed by atoms with E-state index in [2.05, 4.69) is 10.6 Å². The maximum atomic E-state index is 13.4. The number of urea groups is 1. The summed E-state index contributed by atoms with van der Waals surface area (Å²) in [5.41, 5.74) is 3.23. The number of imide groups is 1. The number of aryl methyl sites for hydroxylation is 1. The number of nitrogens with one attached hydrogen (secondary N) is 2. The fourth-order valence-electron chi connectivity index (χ4n) is 6.38. The molecule has 1 aliphatic carbocycles. The van der Waals surface area contributed by atoms with Gasteiger partial charge in [-0.2, -0.15) is 0 Å². The molecule has 188 valence electrons. The molecule has 1 atom stereocenters. The molecule has 36 heavy (non-hydrogen) atoms. The second-order valence-electron chi connectivity index (χ2n) is 10.5. The highest BCUT2D eigenvalue weighted by Crippen LogP contribution is 2.48. The molecule has 2 aromatic rings. The fourth-order valence-corrected chi connectivity index (χ4v) is 7.38. The van der Waals surface area contributed by atoms with Crippen LogP contribution in [0.1, 0.15) is 46.3 Å². The number of anilines is 1. The quantitative estimate of drug-likeness (QED) is 0.600. The molecule has 4 aliphatic rings. The van der Waals surface area contributed by atoms with E-state index in [4.69, 9.17) is 0 Å². The summed E-state index contributed by atoms with van der Waals surface area (Å²) >= 11 is 0. The summed E-state index contributed by atoms with van der Waals surface area (Å²) in [7, 11) is -3.38. The number of likely N-dealkylation sites (tertiary alicyclic amines) is 1. The number of sulfonamides is 1. The molecule has 0 bridgehead atoms. The molecular formula is C26H28N4O5S. The van der Waals surface area contributed by atoms with Gasteiger partial charge in [0.15, 0.2) is 0 Å². The van der Waals surface area contributed by atoms with Crippen molar-refractivity contribution in [3.05, 3.63) is 64.7 Å². The third-order valence-corrected chi connectivity index (χ3v) is 9.51. The van der Waals surface area contributed by atoms with Crippen molar-refractivity contribution in [3.8, 4) is 0 Å². The lowest BCUT2D eigenvalue weighted by atomic mass is 9.74. The normalized spacial score (nSPS) is 24.5. The smallest absolute Gasteiger partial charge is 0.322 e. The van der Waals surface area contributed by atoms with Crippen molar-refractivity contribution in [2.24, 2.45) is 0 Å². The van der Waals surface area contributed by atoms with Gasteiger partial charge in [-0.3, -0.25) is 19.2 Å². The van der Waals surface area contributed by atoms with Gasteiger partial charge < -0.3 is 10.2 Å². The molecule has 6 rings (SSSR count). The standard InChI is InChI=1S/C26H28N4O5S/c1-36(34,35)30-16-25(20-4-2-3-5-21(20)30)10-12-29(13-11-25)22(31)18-6-7-19-15-26(9-8-17(19)14-18)23(32)27-24(33)28-26/h2-7,14H,8-13,15-16H2,1H3,(H2,27,28,32,33). The van der Waals surface area contributed by atoms with Crippen LogP contribution in [-0.4, -0.2) is 62.6 Å². The minimum atomic E-state index is -3.38. The summed E-state index contributed by atoms with van der Waals surface area (Å²) in [6.45, 7) is 1.52. The predicted molar refractivity (Wildman–Crippen MR) is 133 cm³/mol. The molecule has 0 radical (unpaired) electrons. The van der Waals surface area contributed by atoms with Crippen LogP contribution in [0.25, 0.3) is 0 Å². The fraction of sp³-hybridized carbons (Fsp3) is 0.423. The molecule has 0 aromatic heterocycles. The molecule has 2 aromatic carbocycles.